The molecule has 2 aromatic carbocycles. The first-order valence-electron chi connectivity index (χ1n) is 6.30. The number of carbonyl (C=O) groups excluding carboxylic acids is 2. The molecule has 0 fully saturated rings. The summed E-state index contributed by atoms with van der Waals surface area (Å²) in [5.74, 6) is -0.695. The highest BCUT2D eigenvalue weighted by atomic mass is 16.2. The Labute approximate surface area is 120 Å². The summed E-state index contributed by atoms with van der Waals surface area (Å²) in [7, 11) is 0. The number of fused-ring (bicyclic) bond motifs is 1. The molecule has 0 aromatic heterocycles. The minimum absolute atomic E-state index is 0.0558. The Kier molecular flexibility index (Phi) is 3.14. The van der Waals surface area contributed by atoms with Crippen LogP contribution in [0.3, 0.4) is 0 Å². The number of rotatable bonds is 2. The molecule has 0 saturated heterocycles. The number of amides is 2. The minimum Gasteiger partial charge on any atom is -0.304 e. The Hall–Kier alpha value is -3.11. The number of carbonyl (C=O) groups is 2. The number of anilines is 1. The van der Waals surface area contributed by atoms with Gasteiger partial charge in [-0.25, -0.2) is 0 Å². The monoisotopic (exact) mass is 278 g/mol. The molecule has 1 aliphatic rings. The lowest BCUT2D eigenvalue weighted by molar-refractivity contribution is 0.0991. The van der Waals surface area contributed by atoms with Gasteiger partial charge in [-0.15, -0.1) is 0 Å². The van der Waals surface area contributed by atoms with Gasteiger partial charge in [-0.05, 0) is 46.5 Å². The number of hydrogen-bond acceptors (Lipinski definition) is 2. The van der Waals surface area contributed by atoms with E-state index in [1.807, 2.05) is 18.2 Å². The van der Waals surface area contributed by atoms with Crippen molar-refractivity contribution in [3.05, 3.63) is 75.7 Å². The van der Waals surface area contributed by atoms with Crippen molar-refractivity contribution in [3.8, 4) is 0 Å². The van der Waals surface area contributed by atoms with Crippen molar-refractivity contribution in [2.24, 2.45) is 5.11 Å². The number of benzene rings is 2. The highest BCUT2D eigenvalue weighted by molar-refractivity contribution is 6.10. The van der Waals surface area contributed by atoms with E-state index < -0.39 is 5.91 Å². The maximum Gasteiger partial charge on any atom is 0.258 e. The van der Waals surface area contributed by atoms with E-state index >= 15 is 0 Å². The predicted octanol–water partition coefficient (Wildman–Crippen LogP) is 3.30. The fourth-order valence-electron chi connectivity index (χ4n) is 2.35. The normalized spacial score (nSPS) is 12.8. The van der Waals surface area contributed by atoms with Gasteiger partial charge < -0.3 is 4.90 Å². The molecule has 3 rings (SSSR count). The SMILES string of the molecule is [N-]=[N+]=NC(=O)c1ccc(N2Cc3ccccc3C2=O)cc1. The molecular formula is C15H10N4O2. The van der Waals surface area contributed by atoms with Crippen LogP contribution in [0.15, 0.2) is 53.6 Å². The van der Waals surface area contributed by atoms with Crippen molar-refractivity contribution in [2.45, 2.75) is 6.54 Å². The standard InChI is InChI=1S/C15H10N4O2/c16-18-17-14(20)10-5-7-12(8-6-10)19-9-11-3-1-2-4-13(11)15(19)21/h1-8H,9H2. The van der Waals surface area contributed by atoms with E-state index in [9.17, 15) is 9.59 Å². The van der Waals surface area contributed by atoms with Gasteiger partial charge in [0.2, 0.25) is 5.91 Å². The molecule has 102 valence electrons. The molecule has 1 heterocycles. The molecule has 0 atom stereocenters. The average molecular weight is 278 g/mol. The lowest BCUT2D eigenvalue weighted by atomic mass is 10.1. The third kappa shape index (κ3) is 2.24. The molecule has 0 radical (unpaired) electrons. The summed E-state index contributed by atoms with van der Waals surface area (Å²) in [5, 5.41) is 3.03. The third-order valence-electron chi connectivity index (χ3n) is 3.38. The number of nitrogens with zero attached hydrogens (tertiary/aromatic N) is 4. The Morgan fingerprint density at radius 3 is 2.52 bits per heavy atom. The zero-order valence-corrected chi connectivity index (χ0v) is 10.9. The Morgan fingerprint density at radius 2 is 1.86 bits per heavy atom. The Balaban J connectivity index is 1.88. The van der Waals surface area contributed by atoms with Crippen molar-refractivity contribution in [1.29, 1.82) is 0 Å². The zero-order valence-electron chi connectivity index (χ0n) is 10.9. The zero-order chi connectivity index (χ0) is 14.8. The average Bonchev–Trinajstić information content (AvgIpc) is 2.85. The molecule has 2 amide bonds. The molecule has 0 aliphatic carbocycles. The second kappa shape index (κ2) is 5.11. The second-order valence-corrected chi connectivity index (χ2v) is 4.59. The molecule has 0 spiro atoms. The molecule has 0 unspecified atom stereocenters. The van der Waals surface area contributed by atoms with Crippen molar-refractivity contribution in [2.75, 3.05) is 4.90 Å². The van der Waals surface area contributed by atoms with Crippen LogP contribution < -0.4 is 4.90 Å². The van der Waals surface area contributed by atoms with Gasteiger partial charge in [0.1, 0.15) is 0 Å². The fourth-order valence-corrected chi connectivity index (χ4v) is 2.35. The van der Waals surface area contributed by atoms with Crippen LogP contribution in [-0.2, 0) is 6.54 Å². The van der Waals surface area contributed by atoms with Crippen LogP contribution >= 0.6 is 0 Å². The summed E-state index contributed by atoms with van der Waals surface area (Å²) < 4.78 is 0. The van der Waals surface area contributed by atoms with Crippen LogP contribution in [-0.4, -0.2) is 11.8 Å². The van der Waals surface area contributed by atoms with Crippen LogP contribution in [0.5, 0.6) is 0 Å². The fraction of sp³-hybridized carbons (Fsp3) is 0.0667. The number of azide groups is 1. The Morgan fingerprint density at radius 1 is 1.14 bits per heavy atom. The first-order chi connectivity index (χ1) is 10.2. The summed E-state index contributed by atoms with van der Waals surface area (Å²) >= 11 is 0. The van der Waals surface area contributed by atoms with Gasteiger partial charge in [-0.3, -0.25) is 9.59 Å². The summed E-state index contributed by atoms with van der Waals surface area (Å²) in [6, 6.07) is 13.9. The number of hydrogen-bond donors (Lipinski definition) is 0. The van der Waals surface area contributed by atoms with Crippen molar-refractivity contribution in [1.82, 2.24) is 0 Å². The highest BCUT2D eigenvalue weighted by Gasteiger charge is 2.27. The predicted molar refractivity (Wildman–Crippen MR) is 76.9 cm³/mol. The topological polar surface area (TPSA) is 86.1 Å². The molecule has 0 N–H and O–H groups in total. The summed E-state index contributed by atoms with van der Waals surface area (Å²) in [6.45, 7) is 0.513. The quantitative estimate of drug-likeness (QED) is 0.479. The van der Waals surface area contributed by atoms with E-state index in [2.05, 4.69) is 10.0 Å². The molecular weight excluding hydrogens is 268 g/mol. The summed E-state index contributed by atoms with van der Waals surface area (Å²) in [6.07, 6.45) is 0. The van der Waals surface area contributed by atoms with Gasteiger partial charge in [0.25, 0.3) is 5.91 Å². The second-order valence-electron chi connectivity index (χ2n) is 4.59. The van der Waals surface area contributed by atoms with Crippen LogP contribution in [0.2, 0.25) is 0 Å². The molecule has 0 saturated carbocycles. The lowest BCUT2D eigenvalue weighted by Gasteiger charge is -2.15. The summed E-state index contributed by atoms with van der Waals surface area (Å²) in [4.78, 5) is 27.8. The van der Waals surface area contributed by atoms with Gasteiger partial charge in [0.15, 0.2) is 0 Å². The van der Waals surface area contributed by atoms with Gasteiger partial charge in [-0.2, -0.15) is 0 Å². The van der Waals surface area contributed by atoms with Gasteiger partial charge >= 0.3 is 0 Å². The van der Waals surface area contributed by atoms with Gasteiger partial charge in [0, 0.05) is 21.7 Å². The van der Waals surface area contributed by atoms with Gasteiger partial charge in [-0.1, -0.05) is 18.2 Å². The molecule has 2 aromatic rings. The highest BCUT2D eigenvalue weighted by Crippen LogP contribution is 2.28. The summed E-state index contributed by atoms with van der Waals surface area (Å²) in [5.41, 5.74) is 10.9. The van der Waals surface area contributed by atoms with E-state index in [4.69, 9.17) is 5.53 Å². The van der Waals surface area contributed by atoms with E-state index in [1.165, 1.54) is 0 Å². The van der Waals surface area contributed by atoms with Crippen LogP contribution in [0.1, 0.15) is 26.3 Å². The first kappa shape index (κ1) is 12.9. The third-order valence-corrected chi connectivity index (χ3v) is 3.38. The van der Waals surface area contributed by atoms with Crippen molar-refractivity contribution in [3.63, 3.8) is 0 Å². The maximum absolute atomic E-state index is 12.3. The first-order valence-corrected chi connectivity index (χ1v) is 6.30. The molecule has 21 heavy (non-hydrogen) atoms. The maximum atomic E-state index is 12.3. The minimum atomic E-state index is -0.639. The smallest absolute Gasteiger partial charge is 0.258 e. The molecule has 0 bridgehead atoms. The van der Waals surface area contributed by atoms with Crippen molar-refractivity contribution < 1.29 is 9.59 Å². The van der Waals surface area contributed by atoms with Crippen LogP contribution in [0.25, 0.3) is 10.4 Å². The van der Waals surface area contributed by atoms with E-state index in [0.717, 1.165) is 5.56 Å². The Bertz CT molecular complexity index is 777. The van der Waals surface area contributed by atoms with E-state index in [1.54, 1.807) is 35.2 Å². The van der Waals surface area contributed by atoms with E-state index in [-0.39, 0.29) is 5.91 Å². The van der Waals surface area contributed by atoms with Crippen molar-refractivity contribution >= 4 is 17.5 Å². The molecule has 6 heteroatoms. The lowest BCUT2D eigenvalue weighted by Crippen LogP contribution is -2.22. The molecule has 6 nitrogen and oxygen atoms in total. The largest absolute Gasteiger partial charge is 0.304 e. The van der Waals surface area contributed by atoms with Crippen LogP contribution in [0, 0.1) is 0 Å². The van der Waals surface area contributed by atoms with E-state index in [0.29, 0.717) is 23.4 Å². The molecule has 1 aliphatic heterocycles. The van der Waals surface area contributed by atoms with Crippen LogP contribution in [0.4, 0.5) is 5.69 Å². The van der Waals surface area contributed by atoms with Gasteiger partial charge in [0.05, 0.1) is 6.54 Å².